The van der Waals surface area contributed by atoms with E-state index in [0.29, 0.717) is 13.1 Å². The van der Waals surface area contributed by atoms with E-state index in [1.165, 1.54) is 10.4 Å². The summed E-state index contributed by atoms with van der Waals surface area (Å²) in [5, 5.41) is 2.45. The van der Waals surface area contributed by atoms with Gasteiger partial charge in [-0.15, -0.1) is 0 Å². The monoisotopic (exact) mass is 449 g/mol. The van der Waals surface area contributed by atoms with Crippen LogP contribution in [0.15, 0.2) is 17.0 Å². The van der Waals surface area contributed by atoms with Gasteiger partial charge in [0.2, 0.25) is 15.9 Å². The number of benzene rings is 1. The lowest BCUT2D eigenvalue weighted by molar-refractivity contribution is -0.129. The molecule has 1 aromatic carbocycles. The van der Waals surface area contributed by atoms with Gasteiger partial charge in [-0.2, -0.15) is 4.31 Å². The molecule has 0 bridgehead atoms. The van der Waals surface area contributed by atoms with Gasteiger partial charge in [0.05, 0.1) is 35.4 Å². The van der Waals surface area contributed by atoms with E-state index >= 15 is 0 Å². The topological polar surface area (TPSA) is 96.0 Å². The van der Waals surface area contributed by atoms with Gasteiger partial charge in [-0.05, 0) is 25.0 Å². The van der Waals surface area contributed by atoms with Crippen molar-refractivity contribution < 1.29 is 22.7 Å². The first kappa shape index (κ1) is 21.3. The molecule has 0 aromatic heterocycles. The van der Waals surface area contributed by atoms with Gasteiger partial charge < -0.3 is 15.0 Å². The van der Waals surface area contributed by atoms with Gasteiger partial charge in [-0.25, -0.2) is 8.42 Å². The fraction of sp³-hybridized carbons (Fsp3) is 0.529. The molecule has 0 aliphatic carbocycles. The summed E-state index contributed by atoms with van der Waals surface area (Å²) in [6.07, 6.45) is 1.90. The standard InChI is InChI=1S/C17H21Cl2N3O5S/c18-13-10-14(19)15(28(25,26)22-5-7-27-8-6-22)9-12(13)17(24)20-11-16(23)21-3-1-2-4-21/h9-10H,1-8,11H2,(H,20,24). The summed E-state index contributed by atoms with van der Waals surface area (Å²) in [5.41, 5.74) is -0.0490. The number of nitrogens with zero attached hydrogens (tertiary/aromatic N) is 2. The number of halogens is 2. The Kier molecular flexibility index (Phi) is 6.82. The van der Waals surface area contributed by atoms with Crippen LogP contribution in [0.4, 0.5) is 0 Å². The van der Waals surface area contributed by atoms with Crippen LogP contribution in [-0.4, -0.2) is 75.4 Å². The average Bonchev–Trinajstić information content (AvgIpc) is 3.21. The zero-order valence-electron chi connectivity index (χ0n) is 15.1. The van der Waals surface area contributed by atoms with Gasteiger partial charge in [-0.3, -0.25) is 9.59 Å². The van der Waals surface area contributed by atoms with Crippen LogP contribution >= 0.6 is 23.2 Å². The van der Waals surface area contributed by atoms with E-state index in [-0.39, 0.29) is 59.3 Å². The summed E-state index contributed by atoms with van der Waals surface area (Å²) in [6, 6.07) is 2.39. The van der Waals surface area contributed by atoms with Crippen LogP contribution in [0, 0.1) is 0 Å². The number of sulfonamides is 1. The molecule has 0 unspecified atom stereocenters. The number of likely N-dealkylation sites (tertiary alicyclic amines) is 1. The first-order chi connectivity index (χ1) is 13.3. The van der Waals surface area contributed by atoms with Gasteiger partial charge >= 0.3 is 0 Å². The molecule has 28 heavy (non-hydrogen) atoms. The quantitative estimate of drug-likeness (QED) is 0.731. The smallest absolute Gasteiger partial charge is 0.253 e. The molecule has 2 amide bonds. The molecule has 11 heteroatoms. The van der Waals surface area contributed by atoms with Crippen molar-refractivity contribution >= 4 is 45.0 Å². The number of nitrogens with one attached hydrogen (secondary N) is 1. The minimum absolute atomic E-state index is 0.0112. The van der Waals surface area contributed by atoms with E-state index in [0.717, 1.165) is 18.9 Å². The van der Waals surface area contributed by atoms with Crippen molar-refractivity contribution in [3.63, 3.8) is 0 Å². The molecule has 0 saturated carbocycles. The Balaban J connectivity index is 1.78. The number of morpholine rings is 1. The van der Waals surface area contributed by atoms with Crippen LogP contribution in [-0.2, 0) is 19.6 Å². The highest BCUT2D eigenvalue weighted by molar-refractivity contribution is 7.89. The highest BCUT2D eigenvalue weighted by Gasteiger charge is 2.30. The van der Waals surface area contributed by atoms with E-state index in [2.05, 4.69) is 5.32 Å². The van der Waals surface area contributed by atoms with E-state index < -0.39 is 15.9 Å². The highest BCUT2D eigenvalue weighted by Crippen LogP contribution is 2.31. The van der Waals surface area contributed by atoms with Crippen molar-refractivity contribution in [1.29, 1.82) is 0 Å². The lowest BCUT2D eigenvalue weighted by atomic mass is 10.2. The molecule has 154 valence electrons. The number of carbonyl (C=O) groups excluding carboxylic acids is 2. The van der Waals surface area contributed by atoms with Crippen molar-refractivity contribution in [3.05, 3.63) is 27.7 Å². The minimum Gasteiger partial charge on any atom is -0.379 e. The average molecular weight is 450 g/mol. The number of hydrogen-bond acceptors (Lipinski definition) is 5. The molecular formula is C17H21Cl2N3O5S. The molecule has 2 saturated heterocycles. The Morgan fingerprint density at radius 1 is 1.04 bits per heavy atom. The van der Waals surface area contributed by atoms with Crippen LogP contribution in [0.3, 0.4) is 0 Å². The summed E-state index contributed by atoms with van der Waals surface area (Å²) >= 11 is 12.2. The first-order valence-electron chi connectivity index (χ1n) is 8.93. The van der Waals surface area contributed by atoms with Gasteiger partial charge in [0.25, 0.3) is 5.91 Å². The third-order valence-corrected chi connectivity index (χ3v) is 7.39. The van der Waals surface area contributed by atoms with Crippen molar-refractivity contribution in [2.45, 2.75) is 17.7 Å². The fourth-order valence-electron chi connectivity index (χ4n) is 3.16. The summed E-state index contributed by atoms with van der Waals surface area (Å²) in [4.78, 5) is 26.1. The Labute approximate surface area is 173 Å². The Bertz CT molecular complexity index is 866. The summed E-state index contributed by atoms with van der Waals surface area (Å²) in [5.74, 6) is -0.815. The lowest BCUT2D eigenvalue weighted by Crippen LogP contribution is -2.41. The molecule has 8 nitrogen and oxygen atoms in total. The van der Waals surface area contributed by atoms with Gasteiger partial charge in [0, 0.05) is 26.2 Å². The van der Waals surface area contributed by atoms with Crippen molar-refractivity contribution in [2.24, 2.45) is 0 Å². The fourth-order valence-corrected chi connectivity index (χ4v) is 5.40. The highest BCUT2D eigenvalue weighted by atomic mass is 35.5. The Morgan fingerprint density at radius 2 is 1.68 bits per heavy atom. The summed E-state index contributed by atoms with van der Waals surface area (Å²) < 4.78 is 32.2. The third kappa shape index (κ3) is 4.60. The van der Waals surface area contributed by atoms with E-state index in [4.69, 9.17) is 27.9 Å². The molecular weight excluding hydrogens is 429 g/mol. The van der Waals surface area contributed by atoms with Crippen molar-refractivity contribution in [2.75, 3.05) is 45.9 Å². The van der Waals surface area contributed by atoms with Crippen LogP contribution in [0.25, 0.3) is 0 Å². The van der Waals surface area contributed by atoms with Gasteiger partial charge in [-0.1, -0.05) is 23.2 Å². The number of ether oxygens (including phenoxy) is 1. The van der Waals surface area contributed by atoms with E-state index in [1.807, 2.05) is 0 Å². The van der Waals surface area contributed by atoms with Gasteiger partial charge in [0.15, 0.2) is 0 Å². The molecule has 1 N–H and O–H groups in total. The second-order valence-corrected chi connectivity index (χ2v) is 9.27. The summed E-state index contributed by atoms with van der Waals surface area (Å²) in [7, 11) is -3.90. The second kappa shape index (κ2) is 8.96. The van der Waals surface area contributed by atoms with Crippen LogP contribution in [0.1, 0.15) is 23.2 Å². The maximum Gasteiger partial charge on any atom is 0.253 e. The molecule has 2 aliphatic heterocycles. The maximum absolute atomic E-state index is 12.9. The molecule has 2 fully saturated rings. The van der Waals surface area contributed by atoms with Crippen LogP contribution in [0.5, 0.6) is 0 Å². The zero-order chi connectivity index (χ0) is 20.3. The van der Waals surface area contributed by atoms with Gasteiger partial charge in [0.1, 0.15) is 4.90 Å². The summed E-state index contributed by atoms with van der Waals surface area (Å²) in [6.45, 7) is 2.16. The number of amides is 2. The first-order valence-corrected chi connectivity index (χ1v) is 11.1. The predicted octanol–water partition coefficient (Wildman–Crippen LogP) is 1.37. The maximum atomic E-state index is 12.9. The van der Waals surface area contributed by atoms with Crippen LogP contribution in [0.2, 0.25) is 10.0 Å². The normalized spacial score (nSPS) is 18.3. The van der Waals surface area contributed by atoms with E-state index in [1.54, 1.807) is 4.90 Å². The molecule has 0 spiro atoms. The number of hydrogen-bond donors (Lipinski definition) is 1. The lowest BCUT2D eigenvalue weighted by Gasteiger charge is -2.26. The van der Waals surface area contributed by atoms with Crippen molar-refractivity contribution in [1.82, 2.24) is 14.5 Å². The molecule has 2 heterocycles. The predicted molar refractivity (Wildman–Crippen MR) is 104 cm³/mol. The molecule has 0 radical (unpaired) electrons. The molecule has 1 aromatic rings. The molecule has 0 atom stereocenters. The second-order valence-electron chi connectivity index (χ2n) is 6.55. The van der Waals surface area contributed by atoms with Crippen molar-refractivity contribution in [3.8, 4) is 0 Å². The number of rotatable bonds is 5. The molecule has 3 rings (SSSR count). The third-order valence-electron chi connectivity index (χ3n) is 4.71. The minimum atomic E-state index is -3.90. The van der Waals surface area contributed by atoms with E-state index in [9.17, 15) is 18.0 Å². The Morgan fingerprint density at radius 3 is 2.32 bits per heavy atom. The molecule has 2 aliphatic rings. The number of carbonyl (C=O) groups is 2. The zero-order valence-corrected chi connectivity index (χ0v) is 17.4. The SMILES string of the molecule is O=C(NCC(=O)N1CCCC1)c1cc(S(=O)(=O)N2CCOCC2)c(Cl)cc1Cl. The van der Waals surface area contributed by atoms with Crippen LogP contribution < -0.4 is 5.32 Å². The largest absolute Gasteiger partial charge is 0.379 e. The Hall–Kier alpha value is -1.39.